The molecule has 116 valence electrons. The number of methoxy groups -OCH3 is 2. The summed E-state index contributed by atoms with van der Waals surface area (Å²) < 4.78 is 10.4. The molecule has 5 nitrogen and oxygen atoms in total. The second kappa shape index (κ2) is 6.80. The predicted molar refractivity (Wildman–Crippen MR) is 81.8 cm³/mol. The molecule has 1 fully saturated rings. The van der Waals surface area contributed by atoms with Crippen molar-refractivity contribution >= 4 is 5.91 Å². The first-order chi connectivity index (χ1) is 10.1. The predicted octanol–water partition coefficient (Wildman–Crippen LogP) is 1.90. The molecule has 1 saturated carbocycles. The summed E-state index contributed by atoms with van der Waals surface area (Å²) in [5.41, 5.74) is 6.39. The van der Waals surface area contributed by atoms with E-state index >= 15 is 0 Å². The van der Waals surface area contributed by atoms with Crippen LogP contribution in [0.1, 0.15) is 29.6 Å². The zero-order chi connectivity index (χ0) is 15.4. The van der Waals surface area contributed by atoms with Gasteiger partial charge in [-0.3, -0.25) is 4.79 Å². The van der Waals surface area contributed by atoms with E-state index in [9.17, 15) is 4.79 Å². The summed E-state index contributed by atoms with van der Waals surface area (Å²) in [5.74, 6) is 1.62. The zero-order valence-electron chi connectivity index (χ0n) is 13.0. The summed E-state index contributed by atoms with van der Waals surface area (Å²) in [5, 5.41) is 0. The lowest BCUT2D eigenvalue weighted by atomic mass is 10.0. The first kappa shape index (κ1) is 15.6. The third kappa shape index (κ3) is 3.29. The monoisotopic (exact) mass is 292 g/mol. The number of benzene rings is 1. The Morgan fingerprint density at radius 3 is 2.38 bits per heavy atom. The molecule has 0 bridgehead atoms. The maximum atomic E-state index is 12.7. The second-order valence-electron chi connectivity index (χ2n) is 5.51. The fourth-order valence-electron chi connectivity index (χ4n) is 3.09. The van der Waals surface area contributed by atoms with Gasteiger partial charge >= 0.3 is 0 Å². The van der Waals surface area contributed by atoms with Crippen LogP contribution in [0, 0.1) is 5.92 Å². The number of rotatable bonds is 5. The Morgan fingerprint density at radius 2 is 1.86 bits per heavy atom. The summed E-state index contributed by atoms with van der Waals surface area (Å²) >= 11 is 0. The molecule has 0 radical (unpaired) electrons. The molecule has 0 aliphatic heterocycles. The molecule has 0 saturated heterocycles. The van der Waals surface area contributed by atoms with Gasteiger partial charge in [-0.15, -0.1) is 0 Å². The fraction of sp³-hybridized carbons (Fsp3) is 0.562. The van der Waals surface area contributed by atoms with Crippen molar-refractivity contribution in [3.63, 3.8) is 0 Å². The molecule has 0 aromatic heterocycles. The Balaban J connectivity index is 2.22. The van der Waals surface area contributed by atoms with E-state index in [1.54, 1.807) is 32.4 Å². The van der Waals surface area contributed by atoms with Crippen LogP contribution in [0.15, 0.2) is 18.2 Å². The topological polar surface area (TPSA) is 64.8 Å². The molecule has 1 aliphatic rings. The first-order valence-corrected chi connectivity index (χ1v) is 7.31. The van der Waals surface area contributed by atoms with Crippen molar-refractivity contribution in [2.45, 2.75) is 25.3 Å². The largest absolute Gasteiger partial charge is 0.497 e. The maximum Gasteiger partial charge on any atom is 0.254 e. The van der Waals surface area contributed by atoms with Crippen LogP contribution in [0.25, 0.3) is 0 Å². The number of nitrogens with two attached hydrogens (primary N) is 1. The fourth-order valence-corrected chi connectivity index (χ4v) is 3.09. The molecule has 1 amide bonds. The molecular weight excluding hydrogens is 268 g/mol. The van der Waals surface area contributed by atoms with Gasteiger partial charge < -0.3 is 20.1 Å². The van der Waals surface area contributed by atoms with Crippen LogP contribution in [0.3, 0.4) is 0 Å². The van der Waals surface area contributed by atoms with Gasteiger partial charge in [0, 0.05) is 24.7 Å². The Morgan fingerprint density at radius 1 is 1.24 bits per heavy atom. The quantitative estimate of drug-likeness (QED) is 0.900. The van der Waals surface area contributed by atoms with E-state index in [2.05, 4.69) is 0 Å². The highest BCUT2D eigenvalue weighted by Gasteiger charge is 2.32. The van der Waals surface area contributed by atoms with Gasteiger partial charge in [0.05, 0.1) is 14.2 Å². The van der Waals surface area contributed by atoms with Gasteiger partial charge in [-0.05, 0) is 37.4 Å². The lowest BCUT2D eigenvalue weighted by Gasteiger charge is -2.29. The summed E-state index contributed by atoms with van der Waals surface area (Å²) in [6.07, 6.45) is 3.25. The highest BCUT2D eigenvalue weighted by Crippen LogP contribution is 2.30. The standard InChI is InChI=1S/C16H24N2O3/c1-18(15-6-4-5-11(15)10-17)16(19)12-7-13(20-2)9-14(8-12)21-3/h7-9,11,15H,4-6,10,17H2,1-3H3. The number of nitrogens with zero attached hydrogens (tertiary/aromatic N) is 1. The van der Waals surface area contributed by atoms with Crippen LogP contribution in [0.5, 0.6) is 11.5 Å². The average molecular weight is 292 g/mol. The van der Waals surface area contributed by atoms with E-state index in [0.29, 0.717) is 29.5 Å². The summed E-state index contributed by atoms with van der Waals surface area (Å²) in [6.45, 7) is 0.629. The molecule has 1 aliphatic carbocycles. The number of hydrogen-bond donors (Lipinski definition) is 1. The second-order valence-corrected chi connectivity index (χ2v) is 5.51. The Hall–Kier alpha value is -1.75. The third-order valence-corrected chi connectivity index (χ3v) is 4.34. The van der Waals surface area contributed by atoms with Crippen molar-refractivity contribution in [2.24, 2.45) is 11.7 Å². The van der Waals surface area contributed by atoms with E-state index in [1.807, 2.05) is 11.9 Å². The molecule has 21 heavy (non-hydrogen) atoms. The minimum atomic E-state index is -0.0162. The molecular formula is C16H24N2O3. The molecule has 2 unspecified atom stereocenters. The van der Waals surface area contributed by atoms with E-state index in [1.165, 1.54) is 0 Å². The smallest absolute Gasteiger partial charge is 0.254 e. The van der Waals surface area contributed by atoms with Gasteiger partial charge in [-0.1, -0.05) is 6.42 Å². The van der Waals surface area contributed by atoms with Crippen LogP contribution in [-0.4, -0.2) is 44.7 Å². The van der Waals surface area contributed by atoms with E-state index in [-0.39, 0.29) is 11.9 Å². The van der Waals surface area contributed by atoms with Gasteiger partial charge in [0.2, 0.25) is 0 Å². The van der Waals surface area contributed by atoms with Crippen molar-refractivity contribution in [2.75, 3.05) is 27.8 Å². The van der Waals surface area contributed by atoms with Crippen molar-refractivity contribution in [1.29, 1.82) is 0 Å². The van der Waals surface area contributed by atoms with E-state index in [0.717, 1.165) is 19.3 Å². The molecule has 2 rings (SSSR count). The SMILES string of the molecule is COc1cc(OC)cc(C(=O)N(C)C2CCCC2CN)c1. The Kier molecular flexibility index (Phi) is 5.07. The van der Waals surface area contributed by atoms with Crippen molar-refractivity contribution in [3.8, 4) is 11.5 Å². The minimum Gasteiger partial charge on any atom is -0.497 e. The number of carbonyl (C=O) groups excluding carboxylic acids is 1. The van der Waals surface area contributed by atoms with E-state index in [4.69, 9.17) is 15.2 Å². The average Bonchev–Trinajstić information content (AvgIpc) is 3.01. The highest BCUT2D eigenvalue weighted by molar-refractivity contribution is 5.95. The summed E-state index contributed by atoms with van der Waals surface area (Å²) in [7, 11) is 5.01. The molecule has 0 heterocycles. The zero-order valence-corrected chi connectivity index (χ0v) is 13.0. The van der Waals surface area contributed by atoms with Crippen molar-refractivity contribution < 1.29 is 14.3 Å². The van der Waals surface area contributed by atoms with Gasteiger partial charge in [-0.25, -0.2) is 0 Å². The first-order valence-electron chi connectivity index (χ1n) is 7.31. The molecule has 2 N–H and O–H groups in total. The van der Waals surface area contributed by atoms with Crippen LogP contribution in [0.2, 0.25) is 0 Å². The van der Waals surface area contributed by atoms with Gasteiger partial charge in [-0.2, -0.15) is 0 Å². The van der Waals surface area contributed by atoms with Crippen LogP contribution in [0.4, 0.5) is 0 Å². The Bertz CT molecular complexity index is 482. The minimum absolute atomic E-state index is 0.0162. The van der Waals surface area contributed by atoms with Crippen molar-refractivity contribution in [1.82, 2.24) is 4.90 Å². The van der Waals surface area contributed by atoms with Crippen LogP contribution >= 0.6 is 0 Å². The normalized spacial score (nSPS) is 21.1. The highest BCUT2D eigenvalue weighted by atomic mass is 16.5. The van der Waals surface area contributed by atoms with Gasteiger partial charge in [0.15, 0.2) is 0 Å². The van der Waals surface area contributed by atoms with Gasteiger partial charge in [0.1, 0.15) is 11.5 Å². The Labute approximate surface area is 126 Å². The molecule has 5 heteroatoms. The van der Waals surface area contributed by atoms with Crippen LogP contribution < -0.4 is 15.2 Å². The van der Waals surface area contributed by atoms with E-state index < -0.39 is 0 Å². The lowest BCUT2D eigenvalue weighted by molar-refractivity contribution is 0.0699. The number of hydrogen-bond acceptors (Lipinski definition) is 4. The number of amides is 1. The van der Waals surface area contributed by atoms with Crippen LogP contribution in [-0.2, 0) is 0 Å². The lowest BCUT2D eigenvalue weighted by Crippen LogP contribution is -2.41. The molecule has 2 atom stereocenters. The number of ether oxygens (including phenoxy) is 2. The van der Waals surface area contributed by atoms with Gasteiger partial charge in [0.25, 0.3) is 5.91 Å². The third-order valence-electron chi connectivity index (χ3n) is 4.34. The maximum absolute atomic E-state index is 12.7. The summed E-state index contributed by atoms with van der Waals surface area (Å²) in [6, 6.07) is 5.47. The molecule has 1 aromatic rings. The molecule has 0 spiro atoms. The number of carbonyl (C=O) groups is 1. The van der Waals surface area contributed by atoms with Crippen molar-refractivity contribution in [3.05, 3.63) is 23.8 Å². The molecule has 1 aromatic carbocycles. The summed E-state index contributed by atoms with van der Waals surface area (Å²) in [4.78, 5) is 14.5.